The van der Waals surface area contributed by atoms with Gasteiger partial charge in [0.25, 0.3) is 0 Å². The number of ketones is 1. The summed E-state index contributed by atoms with van der Waals surface area (Å²) in [4.78, 5) is 18.4. The third-order valence-electron chi connectivity index (χ3n) is 4.28. The van der Waals surface area contributed by atoms with Gasteiger partial charge < -0.3 is 4.90 Å². The molecule has 0 bridgehead atoms. The molecule has 3 nitrogen and oxygen atoms in total. The van der Waals surface area contributed by atoms with Crippen molar-refractivity contribution < 1.29 is 4.79 Å². The summed E-state index contributed by atoms with van der Waals surface area (Å²) in [6.45, 7) is 1.67. The lowest BCUT2D eigenvalue weighted by Crippen LogP contribution is -2.33. The van der Waals surface area contributed by atoms with Crippen LogP contribution in [0.15, 0.2) is 53.2 Å². The molecule has 100 valence electrons. The van der Waals surface area contributed by atoms with Crippen molar-refractivity contribution in [3.63, 3.8) is 0 Å². The van der Waals surface area contributed by atoms with Crippen LogP contribution in [-0.4, -0.2) is 29.5 Å². The van der Waals surface area contributed by atoms with Gasteiger partial charge in [0.2, 0.25) is 0 Å². The number of Topliss-reactive ketones (excluding diaryl/α,β-unsaturated/α-hetero) is 1. The molecule has 0 spiro atoms. The SMILES string of the molecule is O=C1CCN(C2=CC3=Nc4ccccc4C3C=C2)CC1. The summed E-state index contributed by atoms with van der Waals surface area (Å²) in [6.07, 6.45) is 7.93. The van der Waals surface area contributed by atoms with E-state index in [2.05, 4.69) is 41.3 Å². The number of nitrogens with zero attached hydrogens (tertiary/aromatic N) is 2. The lowest BCUT2D eigenvalue weighted by Gasteiger charge is -2.30. The first kappa shape index (κ1) is 11.6. The van der Waals surface area contributed by atoms with Gasteiger partial charge in [0, 0.05) is 37.5 Å². The Morgan fingerprint density at radius 2 is 1.95 bits per heavy atom. The number of fused-ring (bicyclic) bond motifs is 3. The number of hydrogen-bond donors (Lipinski definition) is 0. The number of carbonyl (C=O) groups is 1. The highest BCUT2D eigenvalue weighted by Crippen LogP contribution is 2.39. The quantitative estimate of drug-likeness (QED) is 0.781. The van der Waals surface area contributed by atoms with Crippen molar-refractivity contribution in [3.05, 3.63) is 53.8 Å². The molecule has 0 N–H and O–H groups in total. The zero-order chi connectivity index (χ0) is 13.5. The fourth-order valence-corrected chi connectivity index (χ4v) is 3.15. The second-order valence-corrected chi connectivity index (χ2v) is 5.53. The number of carbonyl (C=O) groups excluding carboxylic acids is 1. The maximum atomic E-state index is 11.3. The molecule has 1 fully saturated rings. The average molecular weight is 264 g/mol. The maximum absolute atomic E-state index is 11.3. The van der Waals surface area contributed by atoms with Crippen molar-refractivity contribution in [2.45, 2.75) is 18.8 Å². The number of aliphatic imine (C=N–C) groups is 1. The van der Waals surface area contributed by atoms with Crippen LogP contribution in [0.5, 0.6) is 0 Å². The summed E-state index contributed by atoms with van der Waals surface area (Å²) in [5, 5.41) is 0. The molecule has 1 aromatic rings. The molecule has 2 heterocycles. The van der Waals surface area contributed by atoms with Crippen LogP contribution in [-0.2, 0) is 4.79 Å². The second kappa shape index (κ2) is 4.44. The Bertz CT molecular complexity index is 659. The van der Waals surface area contributed by atoms with Gasteiger partial charge in [-0.05, 0) is 23.8 Å². The predicted octanol–water partition coefficient (Wildman–Crippen LogP) is 2.97. The van der Waals surface area contributed by atoms with E-state index in [4.69, 9.17) is 4.99 Å². The minimum atomic E-state index is 0.307. The molecule has 1 aliphatic carbocycles. The molecule has 2 aliphatic heterocycles. The average Bonchev–Trinajstić information content (AvgIpc) is 2.85. The van der Waals surface area contributed by atoms with Gasteiger partial charge >= 0.3 is 0 Å². The Morgan fingerprint density at radius 1 is 1.15 bits per heavy atom. The minimum absolute atomic E-state index is 0.307. The van der Waals surface area contributed by atoms with E-state index in [-0.39, 0.29) is 0 Å². The normalized spacial score (nSPS) is 24.1. The highest BCUT2D eigenvalue weighted by Gasteiger charge is 2.27. The van der Waals surface area contributed by atoms with Crippen molar-refractivity contribution in [3.8, 4) is 0 Å². The Balaban J connectivity index is 1.62. The lowest BCUT2D eigenvalue weighted by molar-refractivity contribution is -0.121. The molecule has 4 rings (SSSR count). The monoisotopic (exact) mass is 264 g/mol. The number of para-hydroxylation sites is 1. The van der Waals surface area contributed by atoms with E-state index in [1.54, 1.807) is 0 Å². The third kappa shape index (κ3) is 1.82. The zero-order valence-electron chi connectivity index (χ0n) is 11.2. The highest BCUT2D eigenvalue weighted by molar-refractivity contribution is 6.08. The Hall–Kier alpha value is -2.16. The molecule has 0 saturated carbocycles. The van der Waals surface area contributed by atoms with Gasteiger partial charge in [-0.2, -0.15) is 0 Å². The fraction of sp³-hybridized carbons (Fsp3) is 0.294. The van der Waals surface area contributed by atoms with E-state index < -0.39 is 0 Å². The van der Waals surface area contributed by atoms with Gasteiger partial charge in [0.15, 0.2) is 0 Å². The summed E-state index contributed by atoms with van der Waals surface area (Å²) < 4.78 is 0. The van der Waals surface area contributed by atoms with Gasteiger partial charge in [-0.1, -0.05) is 24.3 Å². The van der Waals surface area contributed by atoms with Crippen LogP contribution >= 0.6 is 0 Å². The number of piperidine rings is 1. The molecule has 3 aliphatic rings. The third-order valence-corrected chi connectivity index (χ3v) is 4.28. The Morgan fingerprint density at radius 3 is 2.80 bits per heavy atom. The molecule has 0 radical (unpaired) electrons. The van der Waals surface area contributed by atoms with Crippen LogP contribution in [0.3, 0.4) is 0 Å². The van der Waals surface area contributed by atoms with Crippen LogP contribution < -0.4 is 0 Å². The van der Waals surface area contributed by atoms with Gasteiger partial charge in [0.1, 0.15) is 5.78 Å². The number of allylic oxidation sites excluding steroid dienone is 3. The van der Waals surface area contributed by atoms with Crippen molar-refractivity contribution in [2.75, 3.05) is 13.1 Å². The number of likely N-dealkylation sites (tertiary alicyclic amines) is 1. The van der Waals surface area contributed by atoms with Crippen molar-refractivity contribution in [1.29, 1.82) is 0 Å². The number of rotatable bonds is 1. The smallest absolute Gasteiger partial charge is 0.136 e. The molecule has 3 heteroatoms. The van der Waals surface area contributed by atoms with Crippen molar-refractivity contribution in [2.24, 2.45) is 4.99 Å². The van der Waals surface area contributed by atoms with Crippen LogP contribution in [0.25, 0.3) is 0 Å². The van der Waals surface area contributed by atoms with E-state index in [1.807, 2.05) is 6.07 Å². The Labute approximate surface area is 118 Å². The first-order chi connectivity index (χ1) is 9.81. The summed E-state index contributed by atoms with van der Waals surface area (Å²) in [7, 11) is 0. The molecular weight excluding hydrogens is 248 g/mol. The molecule has 1 aromatic carbocycles. The van der Waals surface area contributed by atoms with Crippen molar-refractivity contribution >= 4 is 17.2 Å². The lowest BCUT2D eigenvalue weighted by atomic mass is 9.91. The molecule has 0 amide bonds. The van der Waals surface area contributed by atoms with E-state index in [9.17, 15) is 4.79 Å². The standard InChI is InChI=1S/C17H16N2O/c20-13-7-9-19(10-8-13)12-5-6-15-14-3-1-2-4-16(14)18-17(15)11-12/h1-6,11,15H,7-10H2. The van der Waals surface area contributed by atoms with E-state index in [0.29, 0.717) is 24.5 Å². The Kier molecular flexibility index (Phi) is 2.59. The highest BCUT2D eigenvalue weighted by atomic mass is 16.1. The zero-order valence-corrected chi connectivity index (χ0v) is 11.2. The van der Waals surface area contributed by atoms with Gasteiger partial charge in [-0.3, -0.25) is 9.79 Å². The minimum Gasteiger partial charge on any atom is -0.371 e. The second-order valence-electron chi connectivity index (χ2n) is 5.53. The summed E-state index contributed by atoms with van der Waals surface area (Å²) in [5.74, 6) is 0.687. The number of hydrogen-bond acceptors (Lipinski definition) is 3. The fourth-order valence-electron chi connectivity index (χ4n) is 3.15. The molecular formula is C17H16N2O. The van der Waals surface area contributed by atoms with Crippen LogP contribution in [0, 0.1) is 0 Å². The number of benzene rings is 1. The van der Waals surface area contributed by atoms with Crippen molar-refractivity contribution in [1.82, 2.24) is 4.90 Å². The van der Waals surface area contributed by atoms with Crippen LogP contribution in [0.1, 0.15) is 24.3 Å². The predicted molar refractivity (Wildman–Crippen MR) is 79.3 cm³/mol. The van der Waals surface area contributed by atoms with Crippen LogP contribution in [0.2, 0.25) is 0 Å². The van der Waals surface area contributed by atoms with Gasteiger partial charge in [-0.25, -0.2) is 0 Å². The first-order valence-electron chi connectivity index (χ1n) is 7.15. The topological polar surface area (TPSA) is 32.7 Å². The van der Waals surface area contributed by atoms with Crippen LogP contribution in [0.4, 0.5) is 5.69 Å². The molecule has 1 atom stereocenters. The molecule has 0 aromatic heterocycles. The largest absolute Gasteiger partial charge is 0.371 e. The van der Waals surface area contributed by atoms with Gasteiger partial charge in [0.05, 0.1) is 11.4 Å². The van der Waals surface area contributed by atoms with Gasteiger partial charge in [-0.15, -0.1) is 0 Å². The van der Waals surface area contributed by atoms with E-state index in [0.717, 1.165) is 24.5 Å². The molecule has 20 heavy (non-hydrogen) atoms. The molecule has 1 unspecified atom stereocenters. The summed E-state index contributed by atoms with van der Waals surface area (Å²) in [6, 6.07) is 8.33. The first-order valence-corrected chi connectivity index (χ1v) is 7.15. The summed E-state index contributed by atoms with van der Waals surface area (Å²) >= 11 is 0. The summed E-state index contributed by atoms with van der Waals surface area (Å²) in [5.41, 5.74) is 4.70. The maximum Gasteiger partial charge on any atom is 0.136 e. The van der Waals surface area contributed by atoms with E-state index >= 15 is 0 Å². The van der Waals surface area contributed by atoms with E-state index in [1.165, 1.54) is 11.3 Å². The molecule has 1 saturated heterocycles.